The molecule has 0 aromatic heterocycles. The standard InChI is InChI=1S/C10H19NO3/c12-8-10(2-5-13-6-3-10)11-9-1-4-14-7-9/h9,11-12H,1-8H2. The maximum Gasteiger partial charge on any atom is 0.0620 e. The molecule has 0 aromatic rings. The van der Waals surface area contributed by atoms with Crippen LogP contribution in [0.2, 0.25) is 0 Å². The Labute approximate surface area is 84.6 Å². The highest BCUT2D eigenvalue weighted by atomic mass is 16.5. The van der Waals surface area contributed by atoms with Crippen LogP contribution < -0.4 is 5.32 Å². The summed E-state index contributed by atoms with van der Waals surface area (Å²) >= 11 is 0. The quantitative estimate of drug-likeness (QED) is 0.670. The summed E-state index contributed by atoms with van der Waals surface area (Å²) in [6.45, 7) is 3.33. The summed E-state index contributed by atoms with van der Waals surface area (Å²) < 4.78 is 10.6. The number of nitrogens with one attached hydrogen (secondary N) is 1. The van der Waals surface area contributed by atoms with E-state index in [1.54, 1.807) is 0 Å². The molecule has 2 rings (SSSR count). The van der Waals surface area contributed by atoms with Gasteiger partial charge in [-0.05, 0) is 19.3 Å². The van der Waals surface area contributed by atoms with Gasteiger partial charge >= 0.3 is 0 Å². The minimum Gasteiger partial charge on any atom is -0.394 e. The summed E-state index contributed by atoms with van der Waals surface area (Å²) in [5.41, 5.74) is -0.114. The van der Waals surface area contributed by atoms with Gasteiger partial charge in [0, 0.05) is 31.4 Å². The topological polar surface area (TPSA) is 50.7 Å². The molecule has 0 bridgehead atoms. The summed E-state index contributed by atoms with van der Waals surface area (Å²) in [5.74, 6) is 0. The van der Waals surface area contributed by atoms with Crippen molar-refractivity contribution in [3.05, 3.63) is 0 Å². The van der Waals surface area contributed by atoms with Gasteiger partial charge in [0.15, 0.2) is 0 Å². The van der Waals surface area contributed by atoms with Gasteiger partial charge in [0.05, 0.1) is 13.2 Å². The molecule has 0 amide bonds. The molecule has 2 aliphatic rings. The van der Waals surface area contributed by atoms with E-state index in [0.717, 1.165) is 45.7 Å². The maximum atomic E-state index is 9.44. The lowest BCUT2D eigenvalue weighted by Crippen LogP contribution is -2.56. The van der Waals surface area contributed by atoms with Crippen LogP contribution in [0.4, 0.5) is 0 Å². The lowest BCUT2D eigenvalue weighted by molar-refractivity contribution is 0.00596. The van der Waals surface area contributed by atoms with Crippen LogP contribution in [-0.4, -0.2) is 49.7 Å². The highest BCUT2D eigenvalue weighted by molar-refractivity contribution is 4.93. The molecule has 1 unspecified atom stereocenters. The number of hydrogen-bond acceptors (Lipinski definition) is 4. The predicted molar refractivity (Wildman–Crippen MR) is 52.2 cm³/mol. The van der Waals surface area contributed by atoms with E-state index in [-0.39, 0.29) is 12.1 Å². The van der Waals surface area contributed by atoms with E-state index in [1.807, 2.05) is 0 Å². The minimum atomic E-state index is -0.114. The first-order valence-corrected chi connectivity index (χ1v) is 5.39. The highest BCUT2D eigenvalue weighted by Gasteiger charge is 2.34. The van der Waals surface area contributed by atoms with Crippen molar-refractivity contribution in [2.24, 2.45) is 0 Å². The van der Waals surface area contributed by atoms with E-state index in [9.17, 15) is 5.11 Å². The van der Waals surface area contributed by atoms with Crippen molar-refractivity contribution in [2.75, 3.05) is 33.0 Å². The fraction of sp³-hybridized carbons (Fsp3) is 1.00. The molecular formula is C10H19NO3. The fourth-order valence-electron chi connectivity index (χ4n) is 2.19. The van der Waals surface area contributed by atoms with Crippen LogP contribution in [0.1, 0.15) is 19.3 Å². The second-order valence-corrected chi connectivity index (χ2v) is 4.26. The Kier molecular flexibility index (Phi) is 3.38. The number of hydrogen-bond donors (Lipinski definition) is 2. The summed E-state index contributed by atoms with van der Waals surface area (Å²) in [4.78, 5) is 0. The van der Waals surface area contributed by atoms with E-state index >= 15 is 0 Å². The SMILES string of the molecule is OCC1(NC2CCOC2)CCOCC1. The van der Waals surface area contributed by atoms with Crippen LogP contribution >= 0.6 is 0 Å². The lowest BCUT2D eigenvalue weighted by Gasteiger charge is -2.38. The largest absolute Gasteiger partial charge is 0.394 e. The molecule has 2 saturated heterocycles. The Morgan fingerprint density at radius 2 is 2.00 bits per heavy atom. The average molecular weight is 201 g/mol. The molecule has 0 aromatic carbocycles. The Morgan fingerprint density at radius 1 is 1.21 bits per heavy atom. The van der Waals surface area contributed by atoms with Crippen LogP contribution in [0.3, 0.4) is 0 Å². The van der Waals surface area contributed by atoms with Gasteiger partial charge in [-0.3, -0.25) is 0 Å². The van der Waals surface area contributed by atoms with Crippen LogP contribution in [0.15, 0.2) is 0 Å². The zero-order valence-electron chi connectivity index (χ0n) is 8.50. The first kappa shape index (κ1) is 10.4. The van der Waals surface area contributed by atoms with Crippen molar-refractivity contribution < 1.29 is 14.6 Å². The normalized spacial score (nSPS) is 31.9. The first-order valence-electron chi connectivity index (χ1n) is 5.39. The second kappa shape index (κ2) is 4.57. The molecule has 2 fully saturated rings. The van der Waals surface area contributed by atoms with E-state index in [4.69, 9.17) is 9.47 Å². The molecule has 0 radical (unpaired) electrons. The van der Waals surface area contributed by atoms with Gasteiger partial charge in [-0.15, -0.1) is 0 Å². The van der Waals surface area contributed by atoms with Gasteiger partial charge in [0.1, 0.15) is 0 Å². The number of aliphatic hydroxyl groups excluding tert-OH is 1. The van der Waals surface area contributed by atoms with E-state index < -0.39 is 0 Å². The monoisotopic (exact) mass is 201 g/mol. The van der Waals surface area contributed by atoms with Crippen LogP contribution in [-0.2, 0) is 9.47 Å². The Morgan fingerprint density at radius 3 is 2.57 bits per heavy atom. The smallest absolute Gasteiger partial charge is 0.0620 e. The third-order valence-corrected chi connectivity index (χ3v) is 3.19. The Hall–Kier alpha value is -0.160. The van der Waals surface area contributed by atoms with Crippen molar-refractivity contribution in [2.45, 2.75) is 30.8 Å². The molecule has 1 atom stereocenters. The zero-order chi connectivity index (χ0) is 9.86. The Bertz CT molecular complexity index is 174. The summed E-state index contributed by atoms with van der Waals surface area (Å²) in [7, 11) is 0. The zero-order valence-corrected chi connectivity index (χ0v) is 8.50. The molecule has 0 aliphatic carbocycles. The van der Waals surface area contributed by atoms with Crippen molar-refractivity contribution in [3.8, 4) is 0 Å². The maximum absolute atomic E-state index is 9.44. The molecule has 14 heavy (non-hydrogen) atoms. The minimum absolute atomic E-state index is 0.114. The van der Waals surface area contributed by atoms with Crippen molar-refractivity contribution in [1.82, 2.24) is 5.32 Å². The molecule has 2 aliphatic heterocycles. The number of rotatable bonds is 3. The van der Waals surface area contributed by atoms with Gasteiger partial charge in [0.25, 0.3) is 0 Å². The third-order valence-electron chi connectivity index (χ3n) is 3.19. The van der Waals surface area contributed by atoms with E-state index in [1.165, 1.54) is 0 Å². The first-order chi connectivity index (χ1) is 6.85. The van der Waals surface area contributed by atoms with Crippen LogP contribution in [0.25, 0.3) is 0 Å². The van der Waals surface area contributed by atoms with Gasteiger partial charge in [0.2, 0.25) is 0 Å². The molecule has 2 heterocycles. The van der Waals surface area contributed by atoms with Crippen molar-refractivity contribution in [1.29, 1.82) is 0 Å². The average Bonchev–Trinajstić information content (AvgIpc) is 2.72. The van der Waals surface area contributed by atoms with E-state index in [0.29, 0.717) is 6.04 Å². The summed E-state index contributed by atoms with van der Waals surface area (Å²) in [6.07, 6.45) is 2.86. The number of ether oxygens (including phenoxy) is 2. The molecule has 4 heteroatoms. The van der Waals surface area contributed by atoms with Crippen LogP contribution in [0.5, 0.6) is 0 Å². The molecule has 82 valence electrons. The van der Waals surface area contributed by atoms with Crippen molar-refractivity contribution >= 4 is 0 Å². The molecule has 4 nitrogen and oxygen atoms in total. The highest BCUT2D eigenvalue weighted by Crippen LogP contribution is 2.22. The fourth-order valence-corrected chi connectivity index (χ4v) is 2.19. The molecule has 0 saturated carbocycles. The third kappa shape index (κ3) is 2.25. The predicted octanol–water partition coefficient (Wildman–Crippen LogP) is -0.0936. The molecule has 2 N–H and O–H groups in total. The molecular weight excluding hydrogens is 182 g/mol. The summed E-state index contributed by atoms with van der Waals surface area (Å²) in [6, 6.07) is 0.417. The van der Waals surface area contributed by atoms with Crippen molar-refractivity contribution in [3.63, 3.8) is 0 Å². The number of aliphatic hydroxyl groups is 1. The van der Waals surface area contributed by atoms with Gasteiger partial charge in [-0.2, -0.15) is 0 Å². The second-order valence-electron chi connectivity index (χ2n) is 4.26. The van der Waals surface area contributed by atoms with Gasteiger partial charge < -0.3 is 19.9 Å². The summed E-state index contributed by atoms with van der Waals surface area (Å²) in [5, 5.41) is 13.0. The van der Waals surface area contributed by atoms with Gasteiger partial charge in [-0.1, -0.05) is 0 Å². The lowest BCUT2D eigenvalue weighted by atomic mass is 9.90. The van der Waals surface area contributed by atoms with E-state index in [2.05, 4.69) is 5.32 Å². The molecule has 0 spiro atoms. The Balaban J connectivity index is 1.89. The van der Waals surface area contributed by atoms with Gasteiger partial charge in [-0.25, -0.2) is 0 Å². The van der Waals surface area contributed by atoms with Crippen LogP contribution in [0, 0.1) is 0 Å².